The summed E-state index contributed by atoms with van der Waals surface area (Å²) in [5, 5.41) is 8.36. The summed E-state index contributed by atoms with van der Waals surface area (Å²) >= 11 is 0. The summed E-state index contributed by atoms with van der Waals surface area (Å²) in [4.78, 5) is 0. The van der Waals surface area contributed by atoms with Crippen molar-refractivity contribution < 1.29 is 0 Å². The van der Waals surface area contributed by atoms with Gasteiger partial charge in [0.05, 0.1) is 11.4 Å². The van der Waals surface area contributed by atoms with Crippen molar-refractivity contribution in [1.29, 1.82) is 0 Å². The molecule has 1 atom stereocenters. The molecule has 0 saturated carbocycles. The molecule has 0 bridgehead atoms. The number of benzene rings is 1. The average Bonchev–Trinajstić information content (AvgIpc) is 2.98. The number of para-hydroxylation sites is 1. The third-order valence-electron chi connectivity index (χ3n) is 3.81. The first-order chi connectivity index (χ1) is 10.2. The molecule has 0 aliphatic heterocycles. The van der Waals surface area contributed by atoms with Gasteiger partial charge in [-0.3, -0.25) is 0 Å². The van der Waals surface area contributed by atoms with Gasteiger partial charge in [0.25, 0.3) is 0 Å². The van der Waals surface area contributed by atoms with Gasteiger partial charge in [0.15, 0.2) is 0 Å². The highest BCUT2D eigenvalue weighted by atomic mass is 15.3. The predicted octanol–water partition coefficient (Wildman–Crippen LogP) is 4.45. The second kappa shape index (κ2) is 7.41. The van der Waals surface area contributed by atoms with E-state index >= 15 is 0 Å². The number of aromatic nitrogens is 2. The van der Waals surface area contributed by atoms with E-state index in [4.69, 9.17) is 5.10 Å². The van der Waals surface area contributed by atoms with Gasteiger partial charge >= 0.3 is 0 Å². The monoisotopic (exact) mass is 285 g/mol. The first-order valence-corrected chi connectivity index (χ1v) is 8.05. The van der Waals surface area contributed by atoms with Gasteiger partial charge < -0.3 is 5.32 Å². The van der Waals surface area contributed by atoms with E-state index in [0.29, 0.717) is 12.0 Å². The maximum Gasteiger partial charge on any atom is 0.0693 e. The molecule has 0 spiro atoms. The summed E-state index contributed by atoms with van der Waals surface area (Å²) in [7, 11) is 0. The summed E-state index contributed by atoms with van der Waals surface area (Å²) in [6.07, 6.45) is 4.30. The van der Waals surface area contributed by atoms with Crippen molar-refractivity contribution >= 4 is 0 Å². The molecule has 0 fully saturated rings. The van der Waals surface area contributed by atoms with Gasteiger partial charge in [-0.2, -0.15) is 5.10 Å². The highest BCUT2D eigenvalue weighted by Gasteiger charge is 2.14. The van der Waals surface area contributed by atoms with Crippen molar-refractivity contribution in [3.05, 3.63) is 47.8 Å². The first kappa shape index (κ1) is 15.8. The standard InChI is InChI=1S/C18H27N3/c1-5-12-19-16(6-2)15-9-7-8-10-18(15)21-13-11-17(20-21)14(3)4/h7-11,13-14,16,19H,5-6,12H2,1-4H3. The van der Waals surface area contributed by atoms with E-state index in [1.54, 1.807) is 0 Å². The molecule has 3 heteroatoms. The molecule has 114 valence electrons. The Labute approximate surface area is 128 Å². The zero-order chi connectivity index (χ0) is 15.2. The molecule has 2 rings (SSSR count). The second-order valence-corrected chi connectivity index (χ2v) is 5.81. The number of hydrogen-bond acceptors (Lipinski definition) is 2. The molecule has 3 nitrogen and oxygen atoms in total. The van der Waals surface area contributed by atoms with Crippen LogP contribution in [0.15, 0.2) is 36.5 Å². The lowest BCUT2D eigenvalue weighted by atomic mass is 10.0. The van der Waals surface area contributed by atoms with Crippen LogP contribution in [0.2, 0.25) is 0 Å². The molecular formula is C18H27N3. The minimum atomic E-state index is 0.382. The summed E-state index contributed by atoms with van der Waals surface area (Å²) in [6, 6.07) is 11.1. The number of nitrogens with zero attached hydrogens (tertiary/aromatic N) is 2. The zero-order valence-electron chi connectivity index (χ0n) is 13.6. The van der Waals surface area contributed by atoms with E-state index < -0.39 is 0 Å². The van der Waals surface area contributed by atoms with Gasteiger partial charge in [0.2, 0.25) is 0 Å². The summed E-state index contributed by atoms with van der Waals surface area (Å²) in [5.41, 5.74) is 3.64. The molecule has 1 aromatic carbocycles. The second-order valence-electron chi connectivity index (χ2n) is 5.81. The number of hydrogen-bond donors (Lipinski definition) is 1. The average molecular weight is 285 g/mol. The molecule has 1 N–H and O–H groups in total. The fourth-order valence-electron chi connectivity index (χ4n) is 2.56. The Morgan fingerprint density at radius 2 is 1.90 bits per heavy atom. The largest absolute Gasteiger partial charge is 0.310 e. The zero-order valence-corrected chi connectivity index (χ0v) is 13.6. The van der Waals surface area contributed by atoms with Crippen molar-refractivity contribution in [3.63, 3.8) is 0 Å². The predicted molar refractivity (Wildman–Crippen MR) is 89.0 cm³/mol. The minimum Gasteiger partial charge on any atom is -0.310 e. The van der Waals surface area contributed by atoms with Crippen LogP contribution in [0.4, 0.5) is 0 Å². The van der Waals surface area contributed by atoms with Gasteiger partial charge in [-0.05, 0) is 43.0 Å². The van der Waals surface area contributed by atoms with E-state index in [1.165, 1.54) is 11.3 Å². The van der Waals surface area contributed by atoms with Crippen LogP contribution in [0.1, 0.15) is 63.8 Å². The van der Waals surface area contributed by atoms with Gasteiger partial charge in [0.1, 0.15) is 0 Å². The molecule has 0 amide bonds. The molecular weight excluding hydrogens is 258 g/mol. The highest BCUT2D eigenvalue weighted by Crippen LogP contribution is 2.24. The minimum absolute atomic E-state index is 0.382. The summed E-state index contributed by atoms with van der Waals surface area (Å²) in [5.74, 6) is 0.457. The molecule has 0 saturated heterocycles. The van der Waals surface area contributed by atoms with Crippen LogP contribution in [0.5, 0.6) is 0 Å². The fraction of sp³-hybridized carbons (Fsp3) is 0.500. The van der Waals surface area contributed by atoms with Crippen LogP contribution in [0, 0.1) is 0 Å². The highest BCUT2D eigenvalue weighted by molar-refractivity contribution is 5.42. The van der Waals surface area contributed by atoms with Crippen LogP contribution < -0.4 is 5.32 Å². The molecule has 1 unspecified atom stereocenters. The molecule has 1 heterocycles. The van der Waals surface area contributed by atoms with Gasteiger partial charge in [-0.25, -0.2) is 4.68 Å². The molecule has 0 radical (unpaired) electrons. The van der Waals surface area contributed by atoms with Crippen molar-refractivity contribution in [2.24, 2.45) is 0 Å². The van der Waals surface area contributed by atoms with E-state index in [0.717, 1.165) is 25.1 Å². The Bertz CT molecular complexity index is 557. The van der Waals surface area contributed by atoms with Crippen LogP contribution in [-0.2, 0) is 0 Å². The van der Waals surface area contributed by atoms with E-state index in [9.17, 15) is 0 Å². The normalized spacial score (nSPS) is 12.8. The van der Waals surface area contributed by atoms with Gasteiger partial charge in [0, 0.05) is 12.2 Å². The molecule has 1 aromatic heterocycles. The lowest BCUT2D eigenvalue weighted by Crippen LogP contribution is -2.22. The maximum absolute atomic E-state index is 4.73. The van der Waals surface area contributed by atoms with Crippen LogP contribution in [0.25, 0.3) is 5.69 Å². The third kappa shape index (κ3) is 3.73. The maximum atomic E-state index is 4.73. The Morgan fingerprint density at radius 1 is 1.14 bits per heavy atom. The summed E-state index contributed by atoms with van der Waals surface area (Å²) < 4.78 is 2.01. The molecule has 0 aliphatic rings. The van der Waals surface area contributed by atoms with Gasteiger partial charge in [-0.15, -0.1) is 0 Å². The fourth-order valence-corrected chi connectivity index (χ4v) is 2.56. The smallest absolute Gasteiger partial charge is 0.0693 e. The Balaban J connectivity index is 2.34. The SMILES string of the molecule is CCCNC(CC)c1ccccc1-n1ccc(C(C)C)n1. The molecule has 0 aliphatic carbocycles. The third-order valence-corrected chi connectivity index (χ3v) is 3.81. The first-order valence-electron chi connectivity index (χ1n) is 8.05. The van der Waals surface area contributed by atoms with Crippen molar-refractivity contribution in [2.75, 3.05) is 6.54 Å². The van der Waals surface area contributed by atoms with Crippen molar-refractivity contribution in [1.82, 2.24) is 15.1 Å². The quantitative estimate of drug-likeness (QED) is 0.814. The Morgan fingerprint density at radius 3 is 2.52 bits per heavy atom. The van der Waals surface area contributed by atoms with Gasteiger partial charge in [-0.1, -0.05) is 45.9 Å². The molecule has 21 heavy (non-hydrogen) atoms. The number of rotatable bonds is 7. The van der Waals surface area contributed by atoms with Crippen LogP contribution in [-0.4, -0.2) is 16.3 Å². The number of nitrogens with one attached hydrogen (secondary N) is 1. The van der Waals surface area contributed by atoms with E-state index in [-0.39, 0.29) is 0 Å². The molecule has 2 aromatic rings. The van der Waals surface area contributed by atoms with Crippen molar-refractivity contribution in [3.8, 4) is 5.69 Å². The lowest BCUT2D eigenvalue weighted by Gasteiger charge is -2.20. The van der Waals surface area contributed by atoms with E-state index in [1.807, 2.05) is 4.68 Å². The summed E-state index contributed by atoms with van der Waals surface area (Å²) in [6.45, 7) is 9.83. The van der Waals surface area contributed by atoms with E-state index in [2.05, 4.69) is 69.5 Å². The van der Waals surface area contributed by atoms with Crippen LogP contribution in [0.3, 0.4) is 0 Å². The topological polar surface area (TPSA) is 29.9 Å². The van der Waals surface area contributed by atoms with Crippen molar-refractivity contribution in [2.45, 2.75) is 52.5 Å². The van der Waals surface area contributed by atoms with Crippen LogP contribution >= 0.6 is 0 Å². The Hall–Kier alpha value is -1.61. The lowest BCUT2D eigenvalue weighted by molar-refractivity contribution is 0.515. The Kier molecular flexibility index (Phi) is 5.57.